The summed E-state index contributed by atoms with van der Waals surface area (Å²) in [4.78, 5) is 2.30. The molecule has 20 heavy (non-hydrogen) atoms. The van der Waals surface area contributed by atoms with Crippen molar-refractivity contribution in [1.29, 1.82) is 0 Å². The van der Waals surface area contributed by atoms with E-state index in [-0.39, 0.29) is 24.4 Å². The van der Waals surface area contributed by atoms with Crippen molar-refractivity contribution >= 4 is 0 Å². The molecule has 1 saturated carbocycles. The number of nitrogens with two attached hydrogens (primary N) is 1. The Bertz CT molecular complexity index is 423. The van der Waals surface area contributed by atoms with Gasteiger partial charge in [0.05, 0.1) is 6.61 Å². The van der Waals surface area contributed by atoms with Gasteiger partial charge in [-0.3, -0.25) is 4.90 Å². The van der Waals surface area contributed by atoms with Crippen LogP contribution in [0.25, 0.3) is 0 Å². The third-order valence-electron chi connectivity index (χ3n) is 4.38. The zero-order valence-electron chi connectivity index (χ0n) is 12.1. The number of hydrogen-bond acceptors (Lipinski definition) is 3. The SMILES string of the molecule is CC(CN(CCO)C1CCC1)C(N)c1ccccc1F. The predicted octanol–water partition coefficient (Wildman–Crippen LogP) is 2.31. The molecular weight excluding hydrogens is 255 g/mol. The van der Waals surface area contributed by atoms with Crippen molar-refractivity contribution in [2.45, 2.75) is 38.3 Å². The molecule has 2 atom stereocenters. The Hall–Kier alpha value is -0.970. The van der Waals surface area contributed by atoms with Crippen molar-refractivity contribution in [3.05, 3.63) is 35.6 Å². The van der Waals surface area contributed by atoms with Gasteiger partial charge >= 0.3 is 0 Å². The molecule has 3 N–H and O–H groups in total. The monoisotopic (exact) mass is 280 g/mol. The fourth-order valence-electron chi connectivity index (χ4n) is 2.84. The average Bonchev–Trinajstić information content (AvgIpc) is 2.36. The first-order chi connectivity index (χ1) is 9.63. The Kier molecular flexibility index (Phi) is 5.52. The molecule has 0 saturated heterocycles. The second-order valence-corrected chi connectivity index (χ2v) is 5.83. The van der Waals surface area contributed by atoms with E-state index in [1.807, 2.05) is 6.07 Å². The molecule has 1 aliphatic carbocycles. The highest BCUT2D eigenvalue weighted by Crippen LogP contribution is 2.28. The summed E-state index contributed by atoms with van der Waals surface area (Å²) in [6, 6.07) is 6.98. The zero-order chi connectivity index (χ0) is 14.5. The van der Waals surface area contributed by atoms with Crippen molar-refractivity contribution < 1.29 is 9.50 Å². The summed E-state index contributed by atoms with van der Waals surface area (Å²) in [5, 5.41) is 9.18. The summed E-state index contributed by atoms with van der Waals surface area (Å²) in [6.45, 7) is 3.71. The molecular formula is C16H25FN2O. The second kappa shape index (κ2) is 7.16. The van der Waals surface area contributed by atoms with Crippen molar-refractivity contribution in [3.63, 3.8) is 0 Å². The molecule has 4 heteroatoms. The van der Waals surface area contributed by atoms with Crippen LogP contribution in [-0.4, -0.2) is 35.7 Å². The standard InChI is InChI=1S/C16H25FN2O/c1-12(11-19(9-10-20)13-5-4-6-13)16(18)14-7-2-3-8-15(14)17/h2-3,7-8,12-13,16,20H,4-6,9-11,18H2,1H3. The van der Waals surface area contributed by atoms with Crippen LogP contribution in [0.1, 0.15) is 37.8 Å². The number of nitrogens with zero attached hydrogens (tertiary/aromatic N) is 1. The molecule has 0 amide bonds. The minimum Gasteiger partial charge on any atom is -0.395 e. The molecule has 1 aromatic carbocycles. The van der Waals surface area contributed by atoms with Gasteiger partial charge in [-0.15, -0.1) is 0 Å². The van der Waals surface area contributed by atoms with Gasteiger partial charge < -0.3 is 10.8 Å². The Morgan fingerprint density at radius 1 is 1.40 bits per heavy atom. The molecule has 0 bridgehead atoms. The first kappa shape index (κ1) is 15.4. The molecule has 1 fully saturated rings. The van der Waals surface area contributed by atoms with Crippen molar-refractivity contribution in [2.75, 3.05) is 19.7 Å². The van der Waals surface area contributed by atoms with Crippen molar-refractivity contribution in [2.24, 2.45) is 11.7 Å². The van der Waals surface area contributed by atoms with Gasteiger partial charge in [-0.25, -0.2) is 4.39 Å². The minimum atomic E-state index is -0.308. The van der Waals surface area contributed by atoms with E-state index in [4.69, 9.17) is 5.73 Å². The molecule has 0 spiro atoms. The zero-order valence-corrected chi connectivity index (χ0v) is 12.1. The van der Waals surface area contributed by atoms with Crippen LogP contribution in [0.5, 0.6) is 0 Å². The van der Waals surface area contributed by atoms with Crippen LogP contribution in [0.15, 0.2) is 24.3 Å². The largest absolute Gasteiger partial charge is 0.395 e. The van der Waals surface area contributed by atoms with Crippen LogP contribution in [0.2, 0.25) is 0 Å². The number of benzene rings is 1. The summed E-state index contributed by atoms with van der Waals surface area (Å²) >= 11 is 0. The van der Waals surface area contributed by atoms with E-state index in [9.17, 15) is 9.50 Å². The smallest absolute Gasteiger partial charge is 0.127 e. The first-order valence-electron chi connectivity index (χ1n) is 7.48. The lowest BCUT2D eigenvalue weighted by molar-refractivity contribution is 0.0830. The van der Waals surface area contributed by atoms with Gasteiger partial charge in [0, 0.05) is 30.7 Å². The van der Waals surface area contributed by atoms with E-state index < -0.39 is 0 Å². The number of rotatable bonds is 7. The van der Waals surface area contributed by atoms with Crippen LogP contribution in [-0.2, 0) is 0 Å². The van der Waals surface area contributed by atoms with E-state index >= 15 is 0 Å². The highest BCUT2D eigenvalue weighted by atomic mass is 19.1. The van der Waals surface area contributed by atoms with Crippen LogP contribution >= 0.6 is 0 Å². The molecule has 3 nitrogen and oxygen atoms in total. The van der Waals surface area contributed by atoms with Gasteiger partial charge in [-0.1, -0.05) is 31.5 Å². The maximum Gasteiger partial charge on any atom is 0.127 e. The van der Waals surface area contributed by atoms with Gasteiger partial charge in [0.1, 0.15) is 5.82 Å². The lowest BCUT2D eigenvalue weighted by Gasteiger charge is -2.39. The summed E-state index contributed by atoms with van der Waals surface area (Å²) in [6.07, 6.45) is 3.66. The lowest BCUT2D eigenvalue weighted by atomic mass is 9.89. The van der Waals surface area contributed by atoms with Crippen LogP contribution in [0, 0.1) is 11.7 Å². The lowest BCUT2D eigenvalue weighted by Crippen LogP contribution is -2.45. The highest BCUT2D eigenvalue weighted by molar-refractivity contribution is 5.21. The third-order valence-corrected chi connectivity index (χ3v) is 4.38. The number of halogens is 1. The van der Waals surface area contributed by atoms with Gasteiger partial charge in [0.2, 0.25) is 0 Å². The van der Waals surface area contributed by atoms with E-state index in [1.54, 1.807) is 12.1 Å². The van der Waals surface area contributed by atoms with Gasteiger partial charge in [-0.2, -0.15) is 0 Å². The molecule has 2 rings (SSSR count). The summed E-state index contributed by atoms with van der Waals surface area (Å²) in [7, 11) is 0. The molecule has 0 aromatic heterocycles. The fourth-order valence-corrected chi connectivity index (χ4v) is 2.84. The number of hydrogen-bond donors (Lipinski definition) is 2. The minimum absolute atomic E-state index is 0.152. The van der Waals surface area contributed by atoms with E-state index in [0.29, 0.717) is 18.2 Å². The van der Waals surface area contributed by atoms with Crippen LogP contribution in [0.3, 0.4) is 0 Å². The quantitative estimate of drug-likeness (QED) is 0.806. The third kappa shape index (κ3) is 3.57. The molecule has 2 unspecified atom stereocenters. The molecule has 112 valence electrons. The van der Waals surface area contributed by atoms with Gasteiger partial charge in [0.15, 0.2) is 0 Å². The Morgan fingerprint density at radius 3 is 2.65 bits per heavy atom. The topological polar surface area (TPSA) is 49.5 Å². The van der Waals surface area contributed by atoms with Crippen LogP contribution in [0.4, 0.5) is 4.39 Å². The normalized spacial score (nSPS) is 18.9. The second-order valence-electron chi connectivity index (χ2n) is 5.83. The van der Waals surface area contributed by atoms with Gasteiger partial charge in [-0.05, 0) is 24.8 Å². The van der Waals surface area contributed by atoms with Crippen molar-refractivity contribution in [1.82, 2.24) is 4.90 Å². The maximum absolute atomic E-state index is 13.8. The number of aliphatic hydroxyl groups excluding tert-OH is 1. The fraction of sp³-hybridized carbons (Fsp3) is 0.625. The Labute approximate surface area is 120 Å². The van der Waals surface area contributed by atoms with Crippen molar-refractivity contribution in [3.8, 4) is 0 Å². The molecule has 0 aliphatic heterocycles. The molecule has 0 radical (unpaired) electrons. The first-order valence-corrected chi connectivity index (χ1v) is 7.48. The molecule has 1 aliphatic rings. The molecule has 0 heterocycles. The van der Waals surface area contributed by atoms with E-state index in [2.05, 4.69) is 11.8 Å². The molecule has 1 aromatic rings. The summed E-state index contributed by atoms with van der Waals surface area (Å²) in [5.74, 6) is -0.0803. The van der Waals surface area contributed by atoms with Crippen LogP contribution < -0.4 is 5.73 Å². The summed E-state index contributed by atoms with van der Waals surface area (Å²) in [5.41, 5.74) is 6.80. The Morgan fingerprint density at radius 2 is 2.10 bits per heavy atom. The Balaban J connectivity index is 1.98. The van der Waals surface area contributed by atoms with E-state index in [0.717, 1.165) is 6.54 Å². The maximum atomic E-state index is 13.8. The number of aliphatic hydroxyl groups is 1. The predicted molar refractivity (Wildman–Crippen MR) is 78.8 cm³/mol. The highest BCUT2D eigenvalue weighted by Gasteiger charge is 2.28. The average molecular weight is 280 g/mol. The van der Waals surface area contributed by atoms with E-state index in [1.165, 1.54) is 25.3 Å². The van der Waals surface area contributed by atoms with Gasteiger partial charge in [0.25, 0.3) is 0 Å². The summed E-state index contributed by atoms with van der Waals surface area (Å²) < 4.78 is 13.8.